The molecule has 0 saturated heterocycles. The van der Waals surface area contributed by atoms with Crippen LogP contribution in [0.2, 0.25) is 5.02 Å². The Hall–Kier alpha value is -4.67. The highest BCUT2D eigenvalue weighted by atomic mass is 35.5. The zero-order valence-corrected chi connectivity index (χ0v) is 25.2. The number of hydrogen-bond donors (Lipinski definition) is 0. The van der Waals surface area contributed by atoms with Crippen LogP contribution in [0.1, 0.15) is 41.6 Å². The van der Waals surface area contributed by atoms with Gasteiger partial charge in [-0.15, -0.1) is 0 Å². The van der Waals surface area contributed by atoms with Crippen LogP contribution in [-0.2, 0) is 14.3 Å². The lowest BCUT2D eigenvalue weighted by atomic mass is 9.96. The van der Waals surface area contributed by atoms with Crippen LogP contribution in [0.15, 0.2) is 92.7 Å². The minimum Gasteiger partial charge on any atom is -0.490 e. The third-order valence-corrected chi connectivity index (χ3v) is 7.95. The van der Waals surface area contributed by atoms with Crippen molar-refractivity contribution in [2.45, 2.75) is 19.9 Å². The van der Waals surface area contributed by atoms with Crippen LogP contribution in [0, 0.1) is 0 Å². The number of rotatable bonds is 9. The van der Waals surface area contributed by atoms with Gasteiger partial charge in [0.2, 0.25) is 0 Å². The summed E-state index contributed by atoms with van der Waals surface area (Å²) in [5.41, 5.74) is 1.92. The average molecular weight is 619 g/mol. The third kappa shape index (κ3) is 5.97. The number of benzene rings is 2. The Bertz CT molecular complexity index is 1930. The van der Waals surface area contributed by atoms with E-state index in [1.54, 1.807) is 68.5 Å². The Labute approximate surface area is 255 Å². The summed E-state index contributed by atoms with van der Waals surface area (Å²) in [7, 11) is 1.28. The Balaban J connectivity index is 1.58. The van der Waals surface area contributed by atoms with Crippen molar-refractivity contribution in [3.05, 3.63) is 120 Å². The molecule has 9 nitrogen and oxygen atoms in total. The zero-order chi connectivity index (χ0) is 30.7. The molecule has 0 amide bonds. The molecule has 220 valence electrons. The van der Waals surface area contributed by atoms with Gasteiger partial charge in [0.15, 0.2) is 4.80 Å². The number of thiazole rings is 1. The number of carbonyl (C=O) groups is 2. The van der Waals surface area contributed by atoms with E-state index in [9.17, 15) is 14.4 Å². The number of halogens is 1. The topological polar surface area (TPSA) is 109 Å². The number of esters is 2. The van der Waals surface area contributed by atoms with Gasteiger partial charge in [-0.05, 0) is 61.9 Å². The summed E-state index contributed by atoms with van der Waals surface area (Å²) in [5.74, 6) is 0.405. The fourth-order valence-electron chi connectivity index (χ4n) is 4.67. The Morgan fingerprint density at radius 1 is 1.14 bits per heavy atom. The second-order valence-electron chi connectivity index (χ2n) is 9.36. The number of allylic oxidation sites excluding steroid dienone is 1. The van der Waals surface area contributed by atoms with Gasteiger partial charge in [-0.2, -0.15) is 0 Å². The molecule has 0 radical (unpaired) electrons. The van der Waals surface area contributed by atoms with Gasteiger partial charge in [-0.25, -0.2) is 14.6 Å². The predicted octanol–water partition coefficient (Wildman–Crippen LogP) is 5.06. The van der Waals surface area contributed by atoms with Crippen molar-refractivity contribution >= 4 is 41.0 Å². The molecule has 0 saturated carbocycles. The van der Waals surface area contributed by atoms with Crippen molar-refractivity contribution in [2.75, 3.05) is 20.3 Å². The molecule has 2 aromatic carbocycles. The van der Waals surface area contributed by atoms with E-state index < -0.39 is 18.0 Å². The lowest BCUT2D eigenvalue weighted by Gasteiger charge is -2.24. The van der Waals surface area contributed by atoms with E-state index >= 15 is 0 Å². The Morgan fingerprint density at radius 3 is 2.60 bits per heavy atom. The van der Waals surface area contributed by atoms with Gasteiger partial charge in [0.25, 0.3) is 5.56 Å². The second-order valence-corrected chi connectivity index (χ2v) is 10.8. The number of nitrogens with zero attached hydrogens (tertiary/aromatic N) is 2. The summed E-state index contributed by atoms with van der Waals surface area (Å²) in [6.45, 7) is 7.64. The van der Waals surface area contributed by atoms with Gasteiger partial charge in [-0.1, -0.05) is 47.7 Å². The van der Waals surface area contributed by atoms with Gasteiger partial charge < -0.3 is 18.6 Å². The maximum Gasteiger partial charge on any atom is 0.339 e. The summed E-state index contributed by atoms with van der Waals surface area (Å²) < 4.78 is 23.6. The number of aromatic nitrogens is 1. The standard InChI is InChI=1S/C32H27ClN2O7S/c1-5-15-41-21-10-7-19(8-11-21)28-27(31(38)40-6-2)18(3)34-32-35(28)29(36)26(43-32)17-22-12-14-25(42-22)20-9-13-24(33)23(16-20)30(37)39-4/h5,7-14,16-17,28H,1,6,15H2,2-4H3/b26-17-/t28-/m0/s1. The average Bonchev–Trinajstić information content (AvgIpc) is 3.59. The molecule has 11 heteroatoms. The minimum absolute atomic E-state index is 0.177. The molecule has 0 fully saturated rings. The molecule has 4 aromatic rings. The first-order valence-electron chi connectivity index (χ1n) is 13.3. The van der Waals surface area contributed by atoms with Crippen molar-refractivity contribution in [1.82, 2.24) is 4.57 Å². The van der Waals surface area contributed by atoms with Gasteiger partial charge in [-0.3, -0.25) is 9.36 Å². The van der Waals surface area contributed by atoms with Crippen LogP contribution in [0.5, 0.6) is 5.75 Å². The second kappa shape index (κ2) is 12.7. The number of carbonyl (C=O) groups excluding carboxylic acids is 2. The molecule has 0 unspecified atom stereocenters. The van der Waals surface area contributed by atoms with Gasteiger partial charge >= 0.3 is 11.9 Å². The van der Waals surface area contributed by atoms with E-state index in [4.69, 9.17) is 30.2 Å². The van der Waals surface area contributed by atoms with Crippen LogP contribution < -0.4 is 19.6 Å². The lowest BCUT2D eigenvalue weighted by molar-refractivity contribution is -0.139. The third-order valence-electron chi connectivity index (χ3n) is 6.64. The van der Waals surface area contributed by atoms with Crippen molar-refractivity contribution < 1.29 is 28.2 Å². The number of methoxy groups -OCH3 is 1. The molecule has 0 spiro atoms. The van der Waals surface area contributed by atoms with Crippen LogP contribution >= 0.6 is 22.9 Å². The van der Waals surface area contributed by atoms with E-state index in [1.807, 2.05) is 12.1 Å². The maximum absolute atomic E-state index is 13.9. The molecule has 5 rings (SSSR count). The Morgan fingerprint density at radius 2 is 1.91 bits per heavy atom. The van der Waals surface area contributed by atoms with Crippen LogP contribution in [0.25, 0.3) is 17.4 Å². The fourth-order valence-corrected chi connectivity index (χ4v) is 5.89. The van der Waals surface area contributed by atoms with E-state index in [-0.39, 0.29) is 28.3 Å². The van der Waals surface area contributed by atoms with Crippen LogP contribution in [0.4, 0.5) is 0 Å². The number of fused-ring (bicyclic) bond motifs is 1. The predicted molar refractivity (Wildman–Crippen MR) is 163 cm³/mol. The van der Waals surface area contributed by atoms with Crippen molar-refractivity contribution in [1.29, 1.82) is 0 Å². The SMILES string of the molecule is C=CCOc1ccc([C@H]2C(C(=O)OCC)=C(C)N=c3s/c(=C\c4ccc(-c5ccc(Cl)c(C(=O)OC)c5)o4)c(=O)n32)cc1. The molecule has 0 bridgehead atoms. The first-order valence-corrected chi connectivity index (χ1v) is 14.5. The molecule has 1 atom stereocenters. The van der Waals surface area contributed by atoms with Gasteiger partial charge in [0.1, 0.15) is 23.9 Å². The Kier molecular flexibility index (Phi) is 8.79. The zero-order valence-electron chi connectivity index (χ0n) is 23.6. The first-order chi connectivity index (χ1) is 20.7. The normalized spacial score (nSPS) is 14.6. The number of furan rings is 1. The molecule has 1 aliphatic rings. The first kappa shape index (κ1) is 29.8. The molecular formula is C32H27ClN2O7S. The molecule has 2 aromatic heterocycles. The summed E-state index contributed by atoms with van der Waals surface area (Å²) in [4.78, 5) is 44.1. The summed E-state index contributed by atoms with van der Waals surface area (Å²) in [6.07, 6.45) is 3.27. The largest absolute Gasteiger partial charge is 0.490 e. The van der Waals surface area contributed by atoms with E-state index in [2.05, 4.69) is 11.6 Å². The van der Waals surface area contributed by atoms with Crippen molar-refractivity contribution in [3.63, 3.8) is 0 Å². The van der Waals surface area contributed by atoms with Crippen molar-refractivity contribution in [3.8, 4) is 17.1 Å². The summed E-state index contributed by atoms with van der Waals surface area (Å²) in [6, 6.07) is 14.8. The fraction of sp³-hybridized carbons (Fsp3) is 0.188. The molecule has 0 aliphatic carbocycles. The quantitative estimate of drug-likeness (QED) is 0.190. The highest BCUT2D eigenvalue weighted by Crippen LogP contribution is 2.32. The molecule has 0 N–H and O–H groups in total. The summed E-state index contributed by atoms with van der Waals surface area (Å²) >= 11 is 7.34. The van der Waals surface area contributed by atoms with E-state index in [0.717, 1.165) is 0 Å². The summed E-state index contributed by atoms with van der Waals surface area (Å²) in [5, 5.41) is 0.259. The lowest BCUT2D eigenvalue weighted by Crippen LogP contribution is -2.39. The number of hydrogen-bond acceptors (Lipinski definition) is 9. The molecule has 43 heavy (non-hydrogen) atoms. The monoisotopic (exact) mass is 618 g/mol. The van der Waals surface area contributed by atoms with E-state index in [0.29, 0.717) is 50.0 Å². The maximum atomic E-state index is 13.9. The van der Waals surface area contributed by atoms with E-state index in [1.165, 1.54) is 23.0 Å². The smallest absolute Gasteiger partial charge is 0.339 e. The van der Waals surface area contributed by atoms with Crippen LogP contribution in [0.3, 0.4) is 0 Å². The van der Waals surface area contributed by atoms with Crippen LogP contribution in [-0.4, -0.2) is 36.8 Å². The number of ether oxygens (including phenoxy) is 3. The highest BCUT2D eigenvalue weighted by Gasteiger charge is 2.33. The minimum atomic E-state index is -0.760. The molecule has 3 heterocycles. The molecule has 1 aliphatic heterocycles. The van der Waals surface area contributed by atoms with Gasteiger partial charge in [0, 0.05) is 11.6 Å². The molecular weight excluding hydrogens is 592 g/mol. The highest BCUT2D eigenvalue weighted by molar-refractivity contribution is 7.07. The van der Waals surface area contributed by atoms with Gasteiger partial charge in [0.05, 0.1) is 46.1 Å². The van der Waals surface area contributed by atoms with Crippen molar-refractivity contribution in [2.24, 2.45) is 4.99 Å².